The van der Waals surface area contributed by atoms with E-state index in [0.29, 0.717) is 10.3 Å². The van der Waals surface area contributed by atoms with Crippen molar-refractivity contribution in [1.82, 2.24) is 0 Å². The van der Waals surface area contributed by atoms with Gasteiger partial charge < -0.3 is 5.32 Å². The van der Waals surface area contributed by atoms with E-state index < -0.39 is 0 Å². The lowest BCUT2D eigenvalue weighted by Crippen LogP contribution is -2.27. The Kier molecular flexibility index (Phi) is 4.01. The SMILES string of the molecule is CC1(CNc2ccc(Br)cc2C#N)CCCS1. The van der Waals surface area contributed by atoms with Crippen LogP contribution in [-0.4, -0.2) is 17.0 Å². The van der Waals surface area contributed by atoms with Crippen LogP contribution < -0.4 is 5.32 Å². The van der Waals surface area contributed by atoms with Crippen LogP contribution in [0.3, 0.4) is 0 Å². The van der Waals surface area contributed by atoms with Crippen molar-refractivity contribution in [2.45, 2.75) is 24.5 Å². The van der Waals surface area contributed by atoms with Crippen LogP contribution in [-0.2, 0) is 0 Å². The minimum atomic E-state index is 0.319. The van der Waals surface area contributed by atoms with Crippen molar-refractivity contribution in [2.24, 2.45) is 0 Å². The summed E-state index contributed by atoms with van der Waals surface area (Å²) in [6.45, 7) is 3.22. The van der Waals surface area contributed by atoms with Crippen LogP contribution in [0.25, 0.3) is 0 Å². The number of nitrogens with zero attached hydrogens (tertiary/aromatic N) is 1. The monoisotopic (exact) mass is 310 g/mol. The van der Waals surface area contributed by atoms with E-state index >= 15 is 0 Å². The van der Waals surface area contributed by atoms with E-state index in [1.165, 1.54) is 18.6 Å². The van der Waals surface area contributed by atoms with Gasteiger partial charge in [-0.05, 0) is 43.7 Å². The fraction of sp³-hybridized carbons (Fsp3) is 0.462. The van der Waals surface area contributed by atoms with Crippen LogP contribution in [0.1, 0.15) is 25.3 Å². The number of nitrogens with one attached hydrogen (secondary N) is 1. The smallest absolute Gasteiger partial charge is 0.101 e. The summed E-state index contributed by atoms with van der Waals surface area (Å²) in [5.74, 6) is 1.25. The third-order valence-electron chi connectivity index (χ3n) is 3.06. The predicted octanol–water partition coefficient (Wildman–Crippen LogP) is 4.02. The van der Waals surface area contributed by atoms with E-state index in [9.17, 15) is 0 Å². The lowest BCUT2D eigenvalue weighted by molar-refractivity contribution is 0.635. The lowest BCUT2D eigenvalue weighted by atomic mass is 10.1. The quantitative estimate of drug-likeness (QED) is 0.916. The maximum atomic E-state index is 9.08. The largest absolute Gasteiger partial charge is 0.383 e. The van der Waals surface area contributed by atoms with Gasteiger partial charge in [-0.3, -0.25) is 0 Å². The Hall–Kier alpha value is -0.660. The summed E-state index contributed by atoms with van der Waals surface area (Å²) in [6, 6.07) is 8.01. The number of hydrogen-bond acceptors (Lipinski definition) is 3. The predicted molar refractivity (Wildman–Crippen MR) is 77.4 cm³/mol. The molecule has 1 aliphatic heterocycles. The average Bonchev–Trinajstić information content (AvgIpc) is 2.75. The van der Waals surface area contributed by atoms with Crippen LogP contribution in [0.4, 0.5) is 5.69 Å². The standard InChI is InChI=1S/C13H15BrN2S/c1-13(5-2-6-17-13)9-16-12-4-3-11(14)7-10(12)8-15/h3-4,7,16H,2,5-6,9H2,1H3. The number of halogens is 1. The second kappa shape index (κ2) is 5.32. The van der Waals surface area contributed by atoms with E-state index in [2.05, 4.69) is 34.2 Å². The summed E-state index contributed by atoms with van der Waals surface area (Å²) in [5.41, 5.74) is 1.63. The molecule has 0 spiro atoms. The number of nitriles is 1. The second-order valence-electron chi connectivity index (χ2n) is 4.56. The van der Waals surface area contributed by atoms with Crippen molar-refractivity contribution in [3.05, 3.63) is 28.2 Å². The maximum Gasteiger partial charge on any atom is 0.101 e. The highest BCUT2D eigenvalue weighted by molar-refractivity contribution is 9.10. The highest BCUT2D eigenvalue weighted by Crippen LogP contribution is 2.37. The van der Waals surface area contributed by atoms with Gasteiger partial charge >= 0.3 is 0 Å². The first kappa shape index (κ1) is 12.8. The molecule has 1 fully saturated rings. The molecule has 1 unspecified atom stereocenters. The average molecular weight is 311 g/mol. The fourth-order valence-electron chi connectivity index (χ4n) is 2.02. The van der Waals surface area contributed by atoms with E-state index in [4.69, 9.17) is 5.26 Å². The molecule has 0 aliphatic carbocycles. The molecule has 4 heteroatoms. The van der Waals surface area contributed by atoms with Gasteiger partial charge in [-0.1, -0.05) is 15.9 Å². The summed E-state index contributed by atoms with van der Waals surface area (Å²) in [6.07, 6.45) is 2.55. The minimum absolute atomic E-state index is 0.319. The molecule has 1 heterocycles. The van der Waals surface area contributed by atoms with Crippen LogP contribution in [0.2, 0.25) is 0 Å². The second-order valence-corrected chi connectivity index (χ2v) is 7.16. The Morgan fingerprint density at radius 2 is 2.41 bits per heavy atom. The van der Waals surface area contributed by atoms with Crippen molar-refractivity contribution in [3.63, 3.8) is 0 Å². The van der Waals surface area contributed by atoms with E-state index in [1.807, 2.05) is 30.0 Å². The Balaban J connectivity index is 2.06. The Morgan fingerprint density at radius 1 is 1.59 bits per heavy atom. The fourth-order valence-corrected chi connectivity index (χ4v) is 3.63. The minimum Gasteiger partial charge on any atom is -0.383 e. The van der Waals surface area contributed by atoms with Crippen molar-refractivity contribution in [2.75, 3.05) is 17.6 Å². The molecule has 0 amide bonds. The molecule has 0 saturated carbocycles. The molecule has 0 bridgehead atoms. The number of thioether (sulfide) groups is 1. The van der Waals surface area contributed by atoms with Gasteiger partial charge in [-0.2, -0.15) is 17.0 Å². The van der Waals surface area contributed by atoms with Gasteiger partial charge in [0.1, 0.15) is 6.07 Å². The van der Waals surface area contributed by atoms with E-state index in [-0.39, 0.29) is 0 Å². The molecule has 1 saturated heterocycles. The summed E-state index contributed by atoms with van der Waals surface area (Å²) in [4.78, 5) is 0. The molecule has 1 aliphatic rings. The first-order valence-corrected chi connectivity index (χ1v) is 7.48. The molecule has 2 rings (SSSR count). The third-order valence-corrected chi connectivity index (χ3v) is 5.09. The zero-order valence-electron chi connectivity index (χ0n) is 9.79. The first-order chi connectivity index (χ1) is 8.13. The number of anilines is 1. The van der Waals surface area contributed by atoms with Crippen molar-refractivity contribution >= 4 is 33.4 Å². The van der Waals surface area contributed by atoms with Gasteiger partial charge in [0.2, 0.25) is 0 Å². The van der Waals surface area contributed by atoms with Crippen molar-refractivity contribution < 1.29 is 0 Å². The molecule has 1 atom stereocenters. The van der Waals surface area contributed by atoms with Crippen molar-refractivity contribution in [3.8, 4) is 6.07 Å². The number of rotatable bonds is 3. The number of hydrogen-bond donors (Lipinski definition) is 1. The van der Waals surface area contributed by atoms with Gasteiger partial charge in [0.05, 0.1) is 11.3 Å². The Bertz CT molecular complexity index is 447. The normalized spacial score (nSPS) is 23.4. The molecule has 2 nitrogen and oxygen atoms in total. The van der Waals surface area contributed by atoms with Gasteiger partial charge in [0.25, 0.3) is 0 Å². The van der Waals surface area contributed by atoms with E-state index in [0.717, 1.165) is 16.7 Å². The molecule has 17 heavy (non-hydrogen) atoms. The molecule has 90 valence electrons. The summed E-state index contributed by atoms with van der Waals surface area (Å²) >= 11 is 5.41. The summed E-state index contributed by atoms with van der Waals surface area (Å²) in [5, 5.41) is 12.5. The third kappa shape index (κ3) is 3.17. The number of benzene rings is 1. The van der Waals surface area contributed by atoms with Gasteiger partial charge in [0.15, 0.2) is 0 Å². The first-order valence-electron chi connectivity index (χ1n) is 5.70. The van der Waals surface area contributed by atoms with E-state index in [1.54, 1.807) is 0 Å². The molecular weight excluding hydrogens is 296 g/mol. The lowest BCUT2D eigenvalue weighted by Gasteiger charge is -2.23. The molecule has 1 aromatic carbocycles. The molecular formula is C13H15BrN2S. The van der Waals surface area contributed by atoms with Crippen LogP contribution in [0, 0.1) is 11.3 Å². The molecule has 0 radical (unpaired) electrons. The van der Waals surface area contributed by atoms with Gasteiger partial charge in [-0.25, -0.2) is 0 Å². The Labute approximate surface area is 115 Å². The highest BCUT2D eigenvalue weighted by Gasteiger charge is 2.29. The van der Waals surface area contributed by atoms with Gasteiger partial charge in [-0.15, -0.1) is 0 Å². The summed E-state index contributed by atoms with van der Waals surface area (Å²) in [7, 11) is 0. The highest BCUT2D eigenvalue weighted by atomic mass is 79.9. The van der Waals surface area contributed by atoms with Crippen LogP contribution in [0.5, 0.6) is 0 Å². The topological polar surface area (TPSA) is 35.8 Å². The maximum absolute atomic E-state index is 9.08. The Morgan fingerprint density at radius 3 is 3.06 bits per heavy atom. The molecule has 0 aromatic heterocycles. The van der Waals surface area contributed by atoms with Gasteiger partial charge in [0, 0.05) is 15.8 Å². The van der Waals surface area contributed by atoms with Crippen LogP contribution in [0.15, 0.2) is 22.7 Å². The molecule has 1 N–H and O–H groups in total. The molecule has 1 aromatic rings. The summed E-state index contributed by atoms with van der Waals surface area (Å²) < 4.78 is 1.26. The van der Waals surface area contributed by atoms with Crippen molar-refractivity contribution in [1.29, 1.82) is 5.26 Å². The zero-order valence-corrected chi connectivity index (χ0v) is 12.2. The zero-order chi connectivity index (χ0) is 12.3. The van der Waals surface area contributed by atoms with Crippen LogP contribution >= 0.6 is 27.7 Å².